The minimum absolute atomic E-state index is 0.0108. The standard InChI is InChI=1S/C13H19NO4/c1-13(2,3)18-12(16)14-8-7-10(9-14)5-6-11(15)17-4/h10H,7-9H2,1-4H3/t10-/m0/s1. The molecule has 1 aliphatic heterocycles. The molecule has 1 saturated heterocycles. The summed E-state index contributed by atoms with van der Waals surface area (Å²) in [6, 6.07) is 0. The Kier molecular flexibility index (Phi) is 4.60. The second-order valence-electron chi connectivity index (χ2n) is 5.17. The Morgan fingerprint density at radius 1 is 1.33 bits per heavy atom. The largest absolute Gasteiger partial charge is 0.459 e. The van der Waals surface area contributed by atoms with Crippen LogP contribution < -0.4 is 0 Å². The molecule has 1 rings (SSSR count). The minimum atomic E-state index is -0.550. The fourth-order valence-corrected chi connectivity index (χ4v) is 1.58. The number of ether oxygens (including phenoxy) is 2. The molecule has 0 radical (unpaired) electrons. The number of rotatable bonds is 0. The molecule has 0 saturated carbocycles. The molecule has 0 unspecified atom stereocenters. The summed E-state index contributed by atoms with van der Waals surface area (Å²) < 4.78 is 9.70. The molecular formula is C13H19NO4. The van der Waals surface area contributed by atoms with Crippen molar-refractivity contribution in [2.24, 2.45) is 5.92 Å². The van der Waals surface area contributed by atoms with E-state index in [-0.39, 0.29) is 12.0 Å². The second kappa shape index (κ2) is 5.76. The Labute approximate surface area is 107 Å². The van der Waals surface area contributed by atoms with Gasteiger partial charge < -0.3 is 14.4 Å². The topological polar surface area (TPSA) is 55.8 Å². The van der Waals surface area contributed by atoms with Gasteiger partial charge >= 0.3 is 12.1 Å². The molecule has 0 N–H and O–H groups in total. The molecule has 1 atom stereocenters. The number of esters is 1. The summed E-state index contributed by atoms with van der Waals surface area (Å²) in [6.07, 6.45) is 0.424. The molecule has 5 nitrogen and oxygen atoms in total. The van der Waals surface area contributed by atoms with E-state index in [2.05, 4.69) is 16.6 Å². The van der Waals surface area contributed by atoms with Crippen molar-refractivity contribution in [1.82, 2.24) is 4.90 Å². The molecule has 0 aromatic carbocycles. The molecule has 1 heterocycles. The van der Waals surface area contributed by atoms with E-state index in [0.29, 0.717) is 13.1 Å². The first-order chi connectivity index (χ1) is 8.31. The summed E-state index contributed by atoms with van der Waals surface area (Å²) in [6.45, 7) is 6.59. The molecule has 0 bridgehead atoms. The van der Waals surface area contributed by atoms with Gasteiger partial charge in [0.25, 0.3) is 0 Å². The van der Waals surface area contributed by atoms with Crippen molar-refractivity contribution in [2.45, 2.75) is 32.8 Å². The SMILES string of the molecule is COC(=O)C#C[C@H]1CCN(C(=O)OC(C)(C)C)C1. The van der Waals surface area contributed by atoms with Gasteiger partial charge in [0, 0.05) is 24.9 Å². The van der Waals surface area contributed by atoms with Crippen LogP contribution in [0.25, 0.3) is 0 Å². The highest BCUT2D eigenvalue weighted by Crippen LogP contribution is 2.18. The lowest BCUT2D eigenvalue weighted by Gasteiger charge is -2.24. The van der Waals surface area contributed by atoms with E-state index < -0.39 is 11.6 Å². The number of hydrogen-bond donors (Lipinski definition) is 0. The van der Waals surface area contributed by atoms with Gasteiger partial charge in [0.2, 0.25) is 0 Å². The Morgan fingerprint density at radius 3 is 2.56 bits per heavy atom. The van der Waals surface area contributed by atoms with Gasteiger partial charge in [-0.25, -0.2) is 9.59 Å². The van der Waals surface area contributed by atoms with Crippen molar-refractivity contribution >= 4 is 12.1 Å². The minimum Gasteiger partial charge on any atom is -0.459 e. The molecule has 0 aromatic heterocycles. The molecule has 0 spiro atoms. The van der Waals surface area contributed by atoms with Crippen LogP contribution in [0.4, 0.5) is 4.79 Å². The summed E-state index contributed by atoms with van der Waals surface area (Å²) in [5, 5.41) is 0. The van der Waals surface area contributed by atoms with Crippen LogP contribution in [-0.4, -0.2) is 42.8 Å². The first-order valence-corrected chi connectivity index (χ1v) is 5.89. The lowest BCUT2D eigenvalue weighted by molar-refractivity contribution is -0.133. The molecule has 18 heavy (non-hydrogen) atoms. The van der Waals surface area contributed by atoms with E-state index in [4.69, 9.17) is 4.74 Å². The third kappa shape index (κ3) is 4.66. The van der Waals surface area contributed by atoms with Gasteiger partial charge in [0.15, 0.2) is 0 Å². The highest BCUT2D eigenvalue weighted by molar-refractivity contribution is 5.88. The lowest BCUT2D eigenvalue weighted by Crippen LogP contribution is -2.35. The van der Waals surface area contributed by atoms with E-state index in [1.807, 2.05) is 20.8 Å². The number of methoxy groups -OCH3 is 1. The van der Waals surface area contributed by atoms with Gasteiger partial charge in [-0.2, -0.15) is 0 Å². The van der Waals surface area contributed by atoms with Crippen LogP contribution >= 0.6 is 0 Å². The number of nitrogens with zero attached hydrogens (tertiary/aromatic N) is 1. The van der Waals surface area contributed by atoms with Crippen molar-refractivity contribution in [3.05, 3.63) is 0 Å². The van der Waals surface area contributed by atoms with Gasteiger partial charge in [-0.15, -0.1) is 0 Å². The molecular weight excluding hydrogens is 234 g/mol. The van der Waals surface area contributed by atoms with Crippen LogP contribution in [0.5, 0.6) is 0 Å². The molecule has 0 aromatic rings. The highest BCUT2D eigenvalue weighted by atomic mass is 16.6. The fraction of sp³-hybridized carbons (Fsp3) is 0.692. The van der Waals surface area contributed by atoms with Crippen molar-refractivity contribution in [1.29, 1.82) is 0 Å². The predicted octanol–water partition coefficient (Wildman–Crippen LogP) is 1.42. The summed E-state index contributed by atoms with van der Waals surface area (Å²) in [7, 11) is 1.29. The first kappa shape index (κ1) is 14.4. The Bertz CT molecular complexity index is 386. The zero-order chi connectivity index (χ0) is 13.8. The lowest BCUT2D eigenvalue weighted by atomic mass is 10.1. The van der Waals surface area contributed by atoms with Crippen LogP contribution in [0, 0.1) is 17.8 Å². The molecule has 1 aliphatic rings. The molecule has 1 fully saturated rings. The third-order valence-corrected chi connectivity index (χ3v) is 2.40. The summed E-state index contributed by atoms with van der Waals surface area (Å²) in [5.74, 6) is 4.66. The molecule has 5 heteroatoms. The van der Waals surface area contributed by atoms with Crippen molar-refractivity contribution < 1.29 is 19.1 Å². The van der Waals surface area contributed by atoms with E-state index in [1.54, 1.807) is 4.90 Å². The van der Waals surface area contributed by atoms with Gasteiger partial charge in [-0.1, -0.05) is 5.92 Å². The Balaban J connectivity index is 2.48. The highest BCUT2D eigenvalue weighted by Gasteiger charge is 2.28. The average molecular weight is 253 g/mol. The molecule has 100 valence electrons. The van der Waals surface area contributed by atoms with E-state index in [0.717, 1.165) is 6.42 Å². The predicted molar refractivity (Wildman–Crippen MR) is 65.7 cm³/mol. The smallest absolute Gasteiger partial charge is 0.410 e. The Hall–Kier alpha value is -1.70. The maximum atomic E-state index is 11.8. The summed E-state index contributed by atoms with van der Waals surface area (Å²) in [5.41, 5.74) is -0.493. The number of likely N-dealkylation sites (tertiary alicyclic amines) is 1. The van der Waals surface area contributed by atoms with Crippen LogP contribution in [0.2, 0.25) is 0 Å². The number of amides is 1. The van der Waals surface area contributed by atoms with Crippen molar-refractivity contribution in [3.63, 3.8) is 0 Å². The summed E-state index contributed by atoms with van der Waals surface area (Å²) >= 11 is 0. The maximum Gasteiger partial charge on any atom is 0.410 e. The van der Waals surface area contributed by atoms with Crippen molar-refractivity contribution in [3.8, 4) is 11.8 Å². The zero-order valence-corrected chi connectivity index (χ0v) is 11.3. The third-order valence-electron chi connectivity index (χ3n) is 2.40. The average Bonchev–Trinajstić information content (AvgIpc) is 2.72. The van der Waals surface area contributed by atoms with Gasteiger partial charge in [-0.3, -0.25) is 0 Å². The maximum absolute atomic E-state index is 11.8. The fourth-order valence-electron chi connectivity index (χ4n) is 1.58. The first-order valence-electron chi connectivity index (χ1n) is 5.89. The monoisotopic (exact) mass is 253 g/mol. The van der Waals surface area contributed by atoms with Gasteiger partial charge in [0.1, 0.15) is 5.60 Å². The van der Waals surface area contributed by atoms with Crippen LogP contribution in [-0.2, 0) is 14.3 Å². The molecule has 1 amide bonds. The number of carbonyl (C=O) groups is 2. The van der Waals surface area contributed by atoms with Gasteiger partial charge in [-0.05, 0) is 27.2 Å². The Morgan fingerprint density at radius 2 is 2.00 bits per heavy atom. The van der Waals surface area contributed by atoms with Gasteiger partial charge in [0.05, 0.1) is 7.11 Å². The van der Waals surface area contributed by atoms with Crippen LogP contribution in [0.1, 0.15) is 27.2 Å². The van der Waals surface area contributed by atoms with E-state index in [9.17, 15) is 9.59 Å². The van der Waals surface area contributed by atoms with Crippen LogP contribution in [0.3, 0.4) is 0 Å². The quantitative estimate of drug-likeness (QED) is 0.372. The zero-order valence-electron chi connectivity index (χ0n) is 11.3. The van der Waals surface area contributed by atoms with E-state index >= 15 is 0 Å². The number of carbonyl (C=O) groups excluding carboxylic acids is 2. The molecule has 0 aliphatic carbocycles. The summed E-state index contributed by atoms with van der Waals surface area (Å²) in [4.78, 5) is 24.2. The van der Waals surface area contributed by atoms with Crippen molar-refractivity contribution in [2.75, 3.05) is 20.2 Å². The normalized spacial score (nSPS) is 18.9. The van der Waals surface area contributed by atoms with E-state index in [1.165, 1.54) is 7.11 Å². The second-order valence-corrected chi connectivity index (χ2v) is 5.17. The van der Waals surface area contributed by atoms with Crippen LogP contribution in [0.15, 0.2) is 0 Å². The number of hydrogen-bond acceptors (Lipinski definition) is 4.